The Balaban J connectivity index is 2.19. The molecular formula is C12H19NO2S. The smallest absolute Gasteiger partial charge is 0.147 e. The molecule has 0 aliphatic carbocycles. The molecule has 0 radical (unpaired) electrons. The zero-order chi connectivity index (χ0) is 12.0. The number of hydrogen-bond acceptors (Lipinski definition) is 3. The van der Waals surface area contributed by atoms with Crippen LogP contribution in [0.15, 0.2) is 24.3 Å². The van der Waals surface area contributed by atoms with Crippen LogP contribution in [0.5, 0.6) is 0 Å². The van der Waals surface area contributed by atoms with E-state index in [2.05, 4.69) is 36.5 Å². The first-order valence-corrected chi connectivity index (χ1v) is 7.47. The van der Waals surface area contributed by atoms with E-state index >= 15 is 0 Å². The van der Waals surface area contributed by atoms with Crippen molar-refractivity contribution in [3.8, 4) is 0 Å². The van der Waals surface area contributed by atoms with Crippen LogP contribution in [0.3, 0.4) is 0 Å². The normalized spacial score (nSPS) is 11.6. The van der Waals surface area contributed by atoms with E-state index in [1.54, 1.807) is 0 Å². The van der Waals surface area contributed by atoms with E-state index in [9.17, 15) is 8.42 Å². The molecule has 0 saturated carbocycles. The highest BCUT2D eigenvalue weighted by molar-refractivity contribution is 7.90. The van der Waals surface area contributed by atoms with Crippen LogP contribution < -0.4 is 5.32 Å². The Morgan fingerprint density at radius 3 is 2.38 bits per heavy atom. The summed E-state index contributed by atoms with van der Waals surface area (Å²) in [5.41, 5.74) is 2.48. The summed E-state index contributed by atoms with van der Waals surface area (Å²) in [6, 6.07) is 8.32. The highest BCUT2D eigenvalue weighted by Crippen LogP contribution is 2.02. The van der Waals surface area contributed by atoms with Gasteiger partial charge in [-0.15, -0.1) is 0 Å². The Bertz CT molecular complexity index is 409. The zero-order valence-electron chi connectivity index (χ0n) is 9.86. The summed E-state index contributed by atoms with van der Waals surface area (Å²) in [6.45, 7) is 3.59. The largest absolute Gasteiger partial charge is 0.313 e. The molecule has 0 spiro atoms. The molecule has 0 heterocycles. The average Bonchev–Trinajstić information content (AvgIpc) is 2.19. The highest BCUT2D eigenvalue weighted by atomic mass is 32.2. The minimum absolute atomic E-state index is 0.258. The van der Waals surface area contributed by atoms with Gasteiger partial charge in [-0.3, -0.25) is 0 Å². The first-order chi connectivity index (χ1) is 7.47. The van der Waals surface area contributed by atoms with E-state index in [0.29, 0.717) is 6.42 Å². The van der Waals surface area contributed by atoms with Gasteiger partial charge in [-0.25, -0.2) is 8.42 Å². The van der Waals surface area contributed by atoms with Crippen molar-refractivity contribution in [2.75, 3.05) is 18.6 Å². The quantitative estimate of drug-likeness (QED) is 0.768. The number of aryl methyl sites for hydroxylation is 1. The first kappa shape index (κ1) is 13.2. The van der Waals surface area contributed by atoms with Gasteiger partial charge in [0, 0.05) is 12.8 Å². The SMILES string of the molecule is Cc1ccc(CNCCCS(C)(=O)=O)cc1. The Hall–Kier alpha value is -0.870. The Morgan fingerprint density at radius 1 is 1.19 bits per heavy atom. The number of sulfone groups is 1. The predicted molar refractivity (Wildman–Crippen MR) is 67.2 cm³/mol. The lowest BCUT2D eigenvalue weighted by Crippen LogP contribution is -2.17. The van der Waals surface area contributed by atoms with Crippen LogP contribution in [0.4, 0.5) is 0 Å². The third-order valence-corrected chi connectivity index (χ3v) is 3.35. The van der Waals surface area contributed by atoms with E-state index in [1.807, 2.05) is 0 Å². The zero-order valence-corrected chi connectivity index (χ0v) is 10.7. The second-order valence-corrected chi connectivity index (χ2v) is 6.41. The molecular weight excluding hydrogens is 222 g/mol. The van der Waals surface area contributed by atoms with E-state index < -0.39 is 9.84 Å². The fourth-order valence-corrected chi connectivity index (χ4v) is 2.07. The molecule has 0 saturated heterocycles. The van der Waals surface area contributed by atoms with E-state index in [-0.39, 0.29) is 5.75 Å². The summed E-state index contributed by atoms with van der Waals surface area (Å²) < 4.78 is 21.7. The maximum absolute atomic E-state index is 10.9. The van der Waals surface area contributed by atoms with Crippen molar-refractivity contribution in [1.29, 1.82) is 0 Å². The lowest BCUT2D eigenvalue weighted by atomic mass is 10.1. The van der Waals surface area contributed by atoms with Crippen LogP contribution >= 0.6 is 0 Å². The van der Waals surface area contributed by atoms with Crippen molar-refractivity contribution in [3.05, 3.63) is 35.4 Å². The van der Waals surface area contributed by atoms with Crippen LogP contribution in [0.25, 0.3) is 0 Å². The molecule has 0 fully saturated rings. The van der Waals surface area contributed by atoms with Gasteiger partial charge in [0.15, 0.2) is 0 Å². The molecule has 0 aliphatic heterocycles. The molecule has 3 nitrogen and oxygen atoms in total. The number of benzene rings is 1. The molecule has 0 unspecified atom stereocenters. The molecule has 0 amide bonds. The lowest BCUT2D eigenvalue weighted by Gasteiger charge is -2.04. The van der Waals surface area contributed by atoms with Gasteiger partial charge in [0.1, 0.15) is 9.84 Å². The van der Waals surface area contributed by atoms with E-state index in [4.69, 9.17) is 0 Å². The van der Waals surface area contributed by atoms with Crippen LogP contribution in [-0.2, 0) is 16.4 Å². The Morgan fingerprint density at radius 2 is 1.81 bits per heavy atom. The molecule has 16 heavy (non-hydrogen) atoms. The summed E-state index contributed by atoms with van der Waals surface area (Å²) in [6.07, 6.45) is 1.94. The first-order valence-electron chi connectivity index (χ1n) is 5.41. The van der Waals surface area contributed by atoms with Gasteiger partial charge in [0.25, 0.3) is 0 Å². The summed E-state index contributed by atoms with van der Waals surface area (Å²) in [5, 5.41) is 3.23. The topological polar surface area (TPSA) is 46.2 Å². The molecule has 0 aromatic heterocycles. The van der Waals surface area contributed by atoms with Crippen LogP contribution in [0.2, 0.25) is 0 Å². The number of nitrogens with one attached hydrogen (secondary N) is 1. The fourth-order valence-electron chi connectivity index (χ4n) is 1.40. The summed E-state index contributed by atoms with van der Waals surface area (Å²) in [7, 11) is -2.81. The summed E-state index contributed by atoms with van der Waals surface area (Å²) in [5.74, 6) is 0.258. The van der Waals surface area contributed by atoms with Gasteiger partial charge in [-0.1, -0.05) is 29.8 Å². The molecule has 0 aliphatic rings. The van der Waals surface area contributed by atoms with Gasteiger partial charge in [-0.2, -0.15) is 0 Å². The average molecular weight is 241 g/mol. The third-order valence-electron chi connectivity index (χ3n) is 2.32. The second-order valence-electron chi connectivity index (χ2n) is 4.15. The maximum atomic E-state index is 10.9. The standard InChI is InChI=1S/C12H19NO2S/c1-11-4-6-12(7-5-11)10-13-8-3-9-16(2,14)15/h4-7,13H,3,8-10H2,1-2H3. The van der Waals surface area contributed by atoms with E-state index in [1.165, 1.54) is 17.4 Å². The molecule has 1 aromatic carbocycles. The van der Waals surface area contributed by atoms with Crippen molar-refractivity contribution in [2.24, 2.45) is 0 Å². The molecule has 90 valence electrons. The van der Waals surface area contributed by atoms with Gasteiger partial charge >= 0.3 is 0 Å². The summed E-state index contributed by atoms with van der Waals surface area (Å²) >= 11 is 0. The monoisotopic (exact) mass is 241 g/mol. The fraction of sp³-hybridized carbons (Fsp3) is 0.500. The second kappa shape index (κ2) is 6.01. The molecule has 1 N–H and O–H groups in total. The number of rotatable bonds is 6. The number of hydrogen-bond donors (Lipinski definition) is 1. The minimum Gasteiger partial charge on any atom is -0.313 e. The lowest BCUT2D eigenvalue weighted by molar-refractivity contribution is 0.594. The molecule has 1 aromatic rings. The molecule has 0 atom stereocenters. The molecule has 4 heteroatoms. The molecule has 0 bridgehead atoms. The van der Waals surface area contributed by atoms with Crippen LogP contribution in [0.1, 0.15) is 17.5 Å². The van der Waals surface area contributed by atoms with Gasteiger partial charge < -0.3 is 5.32 Å². The predicted octanol–water partition coefficient (Wildman–Crippen LogP) is 1.52. The van der Waals surface area contributed by atoms with E-state index in [0.717, 1.165) is 13.1 Å². The maximum Gasteiger partial charge on any atom is 0.147 e. The van der Waals surface area contributed by atoms with Crippen LogP contribution in [0, 0.1) is 6.92 Å². The van der Waals surface area contributed by atoms with Crippen molar-refractivity contribution in [1.82, 2.24) is 5.32 Å². The minimum atomic E-state index is -2.81. The van der Waals surface area contributed by atoms with Gasteiger partial charge in [0.05, 0.1) is 5.75 Å². The Labute approximate surface area is 97.8 Å². The highest BCUT2D eigenvalue weighted by Gasteiger charge is 2.00. The summed E-state index contributed by atoms with van der Waals surface area (Å²) in [4.78, 5) is 0. The van der Waals surface area contributed by atoms with Crippen molar-refractivity contribution >= 4 is 9.84 Å². The molecule has 1 rings (SSSR count). The van der Waals surface area contributed by atoms with Crippen molar-refractivity contribution in [2.45, 2.75) is 19.9 Å². The van der Waals surface area contributed by atoms with Gasteiger partial charge in [-0.05, 0) is 25.5 Å². The van der Waals surface area contributed by atoms with Crippen molar-refractivity contribution < 1.29 is 8.42 Å². The Kier molecular flexibility index (Phi) is 4.96. The third kappa shape index (κ3) is 5.88. The van der Waals surface area contributed by atoms with Crippen molar-refractivity contribution in [3.63, 3.8) is 0 Å². The van der Waals surface area contributed by atoms with Gasteiger partial charge in [0.2, 0.25) is 0 Å². The van der Waals surface area contributed by atoms with Crippen LogP contribution in [-0.4, -0.2) is 27.0 Å².